The molecule has 1 aromatic carbocycles. The minimum absolute atomic E-state index is 0.306. The molecular weight excluding hydrogens is 235 g/mol. The lowest BCUT2D eigenvalue weighted by Crippen LogP contribution is -2.15. The summed E-state index contributed by atoms with van der Waals surface area (Å²) in [5.74, 6) is -2.87. The van der Waals surface area contributed by atoms with Crippen molar-refractivity contribution in [3.8, 4) is 0 Å². The van der Waals surface area contributed by atoms with Crippen LogP contribution in [0.4, 0.5) is 13.2 Å². The summed E-state index contributed by atoms with van der Waals surface area (Å²) < 4.78 is 39.5. The highest BCUT2D eigenvalue weighted by Gasteiger charge is 2.19. The molecule has 2 N–H and O–H groups in total. The molecule has 0 bridgehead atoms. The van der Waals surface area contributed by atoms with Gasteiger partial charge in [0.1, 0.15) is 17.5 Å². The van der Waals surface area contributed by atoms with Gasteiger partial charge in [-0.3, -0.25) is 0 Å². The Hall–Kier alpha value is -1.33. The van der Waals surface area contributed by atoms with Crippen molar-refractivity contribution in [2.45, 2.75) is 6.04 Å². The first kappa shape index (κ1) is 11.2. The average molecular weight is 243 g/mol. The number of rotatable bonds is 2. The molecule has 84 valence electrons. The molecule has 0 saturated heterocycles. The van der Waals surface area contributed by atoms with Gasteiger partial charge in [-0.05, 0) is 22.4 Å². The molecule has 0 amide bonds. The Morgan fingerprint density at radius 2 is 1.75 bits per heavy atom. The molecule has 1 nitrogen and oxygen atoms in total. The maximum atomic E-state index is 13.4. The monoisotopic (exact) mass is 243 g/mol. The van der Waals surface area contributed by atoms with Gasteiger partial charge in [0, 0.05) is 17.7 Å². The first-order valence-electron chi connectivity index (χ1n) is 4.51. The Kier molecular flexibility index (Phi) is 2.98. The van der Waals surface area contributed by atoms with E-state index in [1.165, 1.54) is 11.3 Å². The van der Waals surface area contributed by atoms with Gasteiger partial charge < -0.3 is 5.73 Å². The van der Waals surface area contributed by atoms with Gasteiger partial charge in [-0.25, -0.2) is 13.2 Å². The van der Waals surface area contributed by atoms with Crippen LogP contribution in [-0.4, -0.2) is 0 Å². The largest absolute Gasteiger partial charge is 0.320 e. The number of nitrogens with two attached hydrogens (primary N) is 1. The van der Waals surface area contributed by atoms with Gasteiger partial charge in [0.05, 0.1) is 6.04 Å². The molecule has 0 spiro atoms. The normalized spacial score (nSPS) is 12.8. The lowest BCUT2D eigenvalue weighted by atomic mass is 10.0. The Labute approximate surface area is 94.3 Å². The molecule has 16 heavy (non-hydrogen) atoms. The number of halogens is 3. The van der Waals surface area contributed by atoms with Gasteiger partial charge in [0.2, 0.25) is 0 Å². The number of benzene rings is 1. The summed E-state index contributed by atoms with van der Waals surface area (Å²) in [7, 11) is 0. The van der Waals surface area contributed by atoms with Gasteiger partial charge in [-0.15, -0.1) is 0 Å². The fourth-order valence-electron chi connectivity index (χ4n) is 1.47. The quantitative estimate of drug-likeness (QED) is 0.861. The van der Waals surface area contributed by atoms with Gasteiger partial charge in [-0.1, -0.05) is 0 Å². The van der Waals surface area contributed by atoms with Crippen molar-refractivity contribution in [1.29, 1.82) is 0 Å². The SMILES string of the molecule is NC(c1ccsc1)c1c(F)cc(F)cc1F. The van der Waals surface area contributed by atoms with E-state index < -0.39 is 23.5 Å². The van der Waals surface area contributed by atoms with Crippen molar-refractivity contribution in [2.24, 2.45) is 5.73 Å². The molecule has 2 aromatic rings. The summed E-state index contributed by atoms with van der Waals surface area (Å²) in [5, 5.41) is 3.46. The van der Waals surface area contributed by atoms with Crippen LogP contribution >= 0.6 is 11.3 Å². The molecule has 0 fully saturated rings. The maximum Gasteiger partial charge on any atom is 0.134 e. The summed E-state index contributed by atoms with van der Waals surface area (Å²) in [6.45, 7) is 0. The molecule has 1 heterocycles. The van der Waals surface area contributed by atoms with Crippen molar-refractivity contribution in [2.75, 3.05) is 0 Å². The van der Waals surface area contributed by atoms with Crippen molar-refractivity contribution >= 4 is 11.3 Å². The van der Waals surface area contributed by atoms with Gasteiger partial charge >= 0.3 is 0 Å². The van der Waals surface area contributed by atoms with E-state index in [2.05, 4.69) is 0 Å². The minimum atomic E-state index is -0.962. The van der Waals surface area contributed by atoms with Crippen molar-refractivity contribution in [3.63, 3.8) is 0 Å². The second-order valence-electron chi connectivity index (χ2n) is 3.32. The molecule has 1 unspecified atom stereocenters. The van der Waals surface area contributed by atoms with E-state index in [0.29, 0.717) is 17.7 Å². The van der Waals surface area contributed by atoms with E-state index in [-0.39, 0.29) is 5.56 Å². The lowest BCUT2D eigenvalue weighted by Gasteiger charge is -2.12. The molecule has 0 aliphatic heterocycles. The number of thiophene rings is 1. The third-order valence-electron chi connectivity index (χ3n) is 2.26. The minimum Gasteiger partial charge on any atom is -0.320 e. The fourth-order valence-corrected chi connectivity index (χ4v) is 2.17. The topological polar surface area (TPSA) is 26.0 Å². The average Bonchev–Trinajstić information content (AvgIpc) is 2.67. The summed E-state index contributed by atoms with van der Waals surface area (Å²) in [6.07, 6.45) is 0. The van der Waals surface area contributed by atoms with Crippen LogP contribution in [-0.2, 0) is 0 Å². The smallest absolute Gasteiger partial charge is 0.134 e. The first-order valence-corrected chi connectivity index (χ1v) is 5.46. The second-order valence-corrected chi connectivity index (χ2v) is 4.10. The van der Waals surface area contributed by atoms with Gasteiger partial charge in [0.15, 0.2) is 0 Å². The number of hydrogen-bond donors (Lipinski definition) is 1. The third kappa shape index (κ3) is 1.96. The summed E-state index contributed by atoms with van der Waals surface area (Å²) in [5.41, 5.74) is 6.02. The van der Waals surface area contributed by atoms with Crippen LogP contribution in [0.5, 0.6) is 0 Å². The second kappa shape index (κ2) is 4.27. The molecule has 5 heteroatoms. The van der Waals surface area contributed by atoms with Crippen LogP contribution < -0.4 is 5.73 Å². The Morgan fingerprint density at radius 1 is 1.12 bits per heavy atom. The fraction of sp³-hybridized carbons (Fsp3) is 0.0909. The van der Waals surface area contributed by atoms with Gasteiger partial charge in [0.25, 0.3) is 0 Å². The molecule has 0 aliphatic rings. The van der Waals surface area contributed by atoms with E-state index in [9.17, 15) is 13.2 Å². The van der Waals surface area contributed by atoms with Crippen LogP contribution in [0.2, 0.25) is 0 Å². The Bertz CT molecular complexity index is 473. The maximum absolute atomic E-state index is 13.4. The van der Waals surface area contributed by atoms with Crippen LogP contribution in [0.3, 0.4) is 0 Å². The molecule has 1 aromatic heterocycles. The molecule has 0 aliphatic carbocycles. The Balaban J connectivity index is 2.48. The van der Waals surface area contributed by atoms with Gasteiger partial charge in [-0.2, -0.15) is 11.3 Å². The van der Waals surface area contributed by atoms with Crippen LogP contribution in [0.25, 0.3) is 0 Å². The molecular formula is C11H8F3NS. The van der Waals surface area contributed by atoms with Crippen LogP contribution in [0.1, 0.15) is 17.2 Å². The third-order valence-corrected chi connectivity index (χ3v) is 2.96. The van der Waals surface area contributed by atoms with E-state index >= 15 is 0 Å². The van der Waals surface area contributed by atoms with E-state index in [1.54, 1.807) is 16.8 Å². The predicted octanol–water partition coefficient (Wildman–Crippen LogP) is 3.21. The summed E-state index contributed by atoms with van der Waals surface area (Å²) in [6, 6.07) is 2.03. The molecule has 0 radical (unpaired) electrons. The van der Waals surface area contributed by atoms with Crippen molar-refractivity contribution in [1.82, 2.24) is 0 Å². The first-order chi connectivity index (χ1) is 7.59. The standard InChI is InChI=1S/C11H8F3NS/c12-7-3-8(13)10(9(14)4-7)11(15)6-1-2-16-5-6/h1-5,11H,15H2. The molecule has 0 saturated carbocycles. The van der Waals surface area contributed by atoms with Crippen molar-refractivity contribution in [3.05, 3.63) is 57.5 Å². The predicted molar refractivity (Wildman–Crippen MR) is 56.7 cm³/mol. The zero-order chi connectivity index (χ0) is 11.7. The van der Waals surface area contributed by atoms with Crippen molar-refractivity contribution < 1.29 is 13.2 Å². The zero-order valence-corrected chi connectivity index (χ0v) is 8.90. The molecule has 1 atom stereocenters. The van der Waals surface area contributed by atoms with Crippen LogP contribution in [0.15, 0.2) is 29.0 Å². The highest BCUT2D eigenvalue weighted by atomic mass is 32.1. The van der Waals surface area contributed by atoms with E-state index in [0.717, 1.165) is 0 Å². The lowest BCUT2D eigenvalue weighted by molar-refractivity contribution is 0.515. The summed E-state index contributed by atoms with van der Waals surface area (Å²) in [4.78, 5) is 0. The highest BCUT2D eigenvalue weighted by molar-refractivity contribution is 7.08. The zero-order valence-electron chi connectivity index (χ0n) is 8.08. The molecule has 2 rings (SSSR count). The Morgan fingerprint density at radius 3 is 2.25 bits per heavy atom. The van der Waals surface area contributed by atoms with E-state index in [4.69, 9.17) is 5.73 Å². The number of hydrogen-bond acceptors (Lipinski definition) is 2. The van der Waals surface area contributed by atoms with E-state index in [1.807, 2.05) is 0 Å². The van der Waals surface area contributed by atoms with Crippen LogP contribution in [0, 0.1) is 17.5 Å². The highest BCUT2D eigenvalue weighted by Crippen LogP contribution is 2.26. The summed E-state index contributed by atoms with van der Waals surface area (Å²) >= 11 is 1.38.